The Bertz CT molecular complexity index is 846. The molecule has 4 heteroatoms. The number of hydrogen-bond donors (Lipinski definition) is 0. The maximum atomic E-state index is 12.3. The molecule has 118 valence electrons. The Kier molecular flexibility index (Phi) is 4.71. The van der Waals surface area contributed by atoms with Gasteiger partial charge in [-0.1, -0.05) is 48.9 Å². The molecule has 0 N–H and O–H groups in total. The van der Waals surface area contributed by atoms with Crippen molar-refractivity contribution in [2.45, 2.75) is 32.1 Å². The molecule has 0 saturated carbocycles. The molecule has 0 aliphatic rings. The molecule has 0 spiro atoms. The van der Waals surface area contributed by atoms with Crippen LogP contribution in [-0.4, -0.2) is 10.5 Å². The van der Waals surface area contributed by atoms with Crippen molar-refractivity contribution in [3.05, 3.63) is 70.7 Å². The van der Waals surface area contributed by atoms with Gasteiger partial charge in [-0.15, -0.1) is 0 Å². The summed E-state index contributed by atoms with van der Waals surface area (Å²) in [5.41, 5.74) is 2.32. The Balaban J connectivity index is 1.53. The highest BCUT2D eigenvalue weighted by Gasteiger charge is 2.14. The van der Waals surface area contributed by atoms with Gasteiger partial charge in [0.25, 0.3) is 0 Å². The van der Waals surface area contributed by atoms with Gasteiger partial charge in [-0.25, -0.2) is 9.36 Å². The minimum Gasteiger partial charge on any atom is -0.407 e. The Morgan fingerprint density at radius 2 is 1.65 bits per heavy atom. The van der Waals surface area contributed by atoms with Crippen LogP contribution in [0.5, 0.6) is 0 Å². The van der Waals surface area contributed by atoms with Gasteiger partial charge in [0.1, 0.15) is 0 Å². The second-order valence-corrected chi connectivity index (χ2v) is 5.61. The van der Waals surface area contributed by atoms with E-state index in [1.165, 1.54) is 5.56 Å². The van der Waals surface area contributed by atoms with Gasteiger partial charge in [-0.2, -0.15) is 0 Å². The third-order valence-corrected chi connectivity index (χ3v) is 3.93. The molecule has 23 heavy (non-hydrogen) atoms. The lowest BCUT2D eigenvalue weighted by Crippen LogP contribution is -2.22. The summed E-state index contributed by atoms with van der Waals surface area (Å²) in [5, 5.41) is 0. The van der Waals surface area contributed by atoms with E-state index in [9.17, 15) is 9.59 Å². The molecule has 0 unspecified atom stereocenters. The van der Waals surface area contributed by atoms with Crippen molar-refractivity contribution in [2.24, 2.45) is 0 Å². The molecular formula is C19H19NO3. The fourth-order valence-corrected chi connectivity index (χ4v) is 2.74. The predicted octanol–water partition coefficient (Wildman–Crippen LogP) is 4.04. The third kappa shape index (κ3) is 3.59. The number of benzene rings is 2. The Morgan fingerprint density at radius 1 is 0.913 bits per heavy atom. The maximum absolute atomic E-state index is 12.3. The van der Waals surface area contributed by atoms with Crippen LogP contribution in [0.4, 0.5) is 0 Å². The van der Waals surface area contributed by atoms with Crippen LogP contribution in [0.3, 0.4) is 0 Å². The summed E-state index contributed by atoms with van der Waals surface area (Å²) >= 11 is 0. The van der Waals surface area contributed by atoms with Gasteiger partial charge in [0.05, 0.1) is 5.52 Å². The summed E-state index contributed by atoms with van der Waals surface area (Å²) < 4.78 is 6.24. The van der Waals surface area contributed by atoms with Gasteiger partial charge in [0, 0.05) is 6.42 Å². The number of oxazole rings is 1. The summed E-state index contributed by atoms with van der Waals surface area (Å²) in [5.74, 6) is -0.792. The van der Waals surface area contributed by atoms with E-state index in [1.54, 1.807) is 24.3 Å². The lowest BCUT2D eigenvalue weighted by molar-refractivity contribution is 0.0895. The van der Waals surface area contributed by atoms with E-state index in [1.807, 2.05) is 18.2 Å². The van der Waals surface area contributed by atoms with Crippen LogP contribution in [-0.2, 0) is 6.42 Å². The first-order chi connectivity index (χ1) is 11.3. The van der Waals surface area contributed by atoms with Gasteiger partial charge < -0.3 is 4.42 Å². The molecular weight excluding hydrogens is 290 g/mol. The van der Waals surface area contributed by atoms with Crippen LogP contribution in [0.25, 0.3) is 11.1 Å². The molecule has 1 heterocycles. The lowest BCUT2D eigenvalue weighted by atomic mass is 10.1. The van der Waals surface area contributed by atoms with E-state index in [-0.39, 0.29) is 5.91 Å². The zero-order valence-corrected chi connectivity index (χ0v) is 12.9. The lowest BCUT2D eigenvalue weighted by Gasteiger charge is -2.03. The van der Waals surface area contributed by atoms with Gasteiger partial charge in [0.2, 0.25) is 5.91 Å². The van der Waals surface area contributed by atoms with Crippen molar-refractivity contribution in [3.8, 4) is 0 Å². The van der Waals surface area contributed by atoms with E-state index in [0.717, 1.165) is 30.3 Å². The molecule has 2 aromatic carbocycles. The van der Waals surface area contributed by atoms with Crippen LogP contribution in [0.1, 0.15) is 36.0 Å². The Labute approximate surface area is 134 Å². The Morgan fingerprint density at radius 3 is 2.48 bits per heavy atom. The molecule has 3 rings (SSSR count). The number of nitrogens with zero attached hydrogens (tertiary/aromatic N) is 1. The van der Waals surface area contributed by atoms with E-state index in [2.05, 4.69) is 12.1 Å². The highest BCUT2D eigenvalue weighted by Crippen LogP contribution is 2.13. The van der Waals surface area contributed by atoms with Crippen molar-refractivity contribution in [1.82, 2.24) is 4.57 Å². The first kappa shape index (κ1) is 15.3. The van der Waals surface area contributed by atoms with Gasteiger partial charge >= 0.3 is 5.76 Å². The van der Waals surface area contributed by atoms with Gasteiger partial charge in [0.15, 0.2) is 5.58 Å². The third-order valence-electron chi connectivity index (χ3n) is 3.93. The number of rotatable bonds is 6. The van der Waals surface area contributed by atoms with E-state index in [4.69, 9.17) is 4.42 Å². The molecule has 0 bridgehead atoms. The SMILES string of the molecule is O=C(CCCCCc1ccccc1)n1c(=O)oc2ccccc21. The minimum atomic E-state index is -0.597. The van der Waals surface area contributed by atoms with Crippen LogP contribution in [0.15, 0.2) is 63.8 Å². The minimum absolute atomic E-state index is 0.195. The molecule has 4 nitrogen and oxygen atoms in total. The molecule has 0 saturated heterocycles. The highest BCUT2D eigenvalue weighted by molar-refractivity contribution is 5.88. The average Bonchev–Trinajstić information content (AvgIpc) is 2.91. The highest BCUT2D eigenvalue weighted by atomic mass is 16.4. The molecule has 0 fully saturated rings. The van der Waals surface area contributed by atoms with Gasteiger partial charge in [-0.05, 0) is 37.0 Å². The molecule has 3 aromatic rings. The summed E-state index contributed by atoms with van der Waals surface area (Å²) in [6.45, 7) is 0. The van der Waals surface area contributed by atoms with Crippen molar-refractivity contribution in [2.75, 3.05) is 0 Å². The number of aromatic nitrogens is 1. The summed E-state index contributed by atoms with van der Waals surface area (Å²) in [7, 11) is 0. The number of carbonyl (C=O) groups excluding carboxylic acids is 1. The fourth-order valence-electron chi connectivity index (χ4n) is 2.74. The van der Waals surface area contributed by atoms with Crippen molar-refractivity contribution in [1.29, 1.82) is 0 Å². The monoisotopic (exact) mass is 309 g/mol. The zero-order valence-electron chi connectivity index (χ0n) is 12.9. The number of carbonyl (C=O) groups is 1. The van der Waals surface area contributed by atoms with Gasteiger partial charge in [-0.3, -0.25) is 4.79 Å². The fraction of sp³-hybridized carbons (Fsp3) is 0.263. The standard InChI is InChI=1S/C19H19NO3/c21-18(14-6-2-5-11-15-9-3-1-4-10-15)20-16-12-7-8-13-17(16)23-19(20)22/h1,3-4,7-10,12-13H,2,5-6,11,14H2. The number of unbranched alkanes of at least 4 members (excludes halogenated alkanes) is 2. The predicted molar refractivity (Wildman–Crippen MR) is 89.7 cm³/mol. The number of fused-ring (bicyclic) bond motifs is 1. The largest absolute Gasteiger partial charge is 0.426 e. The van der Waals surface area contributed by atoms with E-state index >= 15 is 0 Å². The smallest absolute Gasteiger partial charge is 0.407 e. The van der Waals surface area contributed by atoms with Crippen LogP contribution < -0.4 is 5.76 Å². The number of para-hydroxylation sites is 2. The normalized spacial score (nSPS) is 11.0. The summed E-state index contributed by atoms with van der Waals surface area (Å²) in [4.78, 5) is 24.1. The van der Waals surface area contributed by atoms with Crippen molar-refractivity contribution < 1.29 is 9.21 Å². The average molecular weight is 309 g/mol. The Hall–Kier alpha value is -2.62. The molecule has 0 aliphatic carbocycles. The molecule has 0 amide bonds. The van der Waals surface area contributed by atoms with Crippen LogP contribution >= 0.6 is 0 Å². The number of aryl methyl sites for hydroxylation is 1. The quantitative estimate of drug-likeness (QED) is 0.646. The number of hydrogen-bond acceptors (Lipinski definition) is 3. The van der Waals surface area contributed by atoms with Crippen molar-refractivity contribution >= 4 is 17.0 Å². The summed E-state index contributed by atoms with van der Waals surface area (Å²) in [6, 6.07) is 17.3. The second-order valence-electron chi connectivity index (χ2n) is 5.61. The van der Waals surface area contributed by atoms with Crippen LogP contribution in [0, 0.1) is 0 Å². The molecule has 1 aromatic heterocycles. The first-order valence-corrected chi connectivity index (χ1v) is 7.93. The topological polar surface area (TPSA) is 52.2 Å². The first-order valence-electron chi connectivity index (χ1n) is 7.93. The van der Waals surface area contributed by atoms with Crippen molar-refractivity contribution in [3.63, 3.8) is 0 Å². The van der Waals surface area contributed by atoms with Crippen LogP contribution in [0.2, 0.25) is 0 Å². The zero-order chi connectivity index (χ0) is 16.1. The molecule has 0 radical (unpaired) electrons. The second kappa shape index (κ2) is 7.09. The molecule has 0 aliphatic heterocycles. The summed E-state index contributed by atoms with van der Waals surface area (Å²) in [6.07, 6.45) is 4.16. The molecule has 0 atom stereocenters. The maximum Gasteiger partial charge on any atom is 0.426 e. The van der Waals surface area contributed by atoms with E-state index in [0.29, 0.717) is 17.5 Å². The van der Waals surface area contributed by atoms with E-state index < -0.39 is 5.76 Å².